The van der Waals surface area contributed by atoms with Gasteiger partial charge in [0, 0.05) is 24.0 Å². The van der Waals surface area contributed by atoms with Crippen LogP contribution >= 0.6 is 0 Å². The number of unbranched alkanes of at least 4 members (excludes halogenated alkanes) is 2. The molecular weight excluding hydrogens is 186 g/mol. The van der Waals surface area contributed by atoms with Crippen molar-refractivity contribution in [3.05, 3.63) is 0 Å². The summed E-state index contributed by atoms with van der Waals surface area (Å²) >= 11 is 0. The predicted molar refractivity (Wildman–Crippen MR) is 62.9 cm³/mol. The largest absolute Gasteiger partial charge is 0.377 e. The molecule has 2 fully saturated rings. The van der Waals surface area contributed by atoms with E-state index in [-0.39, 0.29) is 0 Å². The molecule has 1 N–H and O–H groups in total. The van der Waals surface area contributed by atoms with Crippen molar-refractivity contribution in [1.82, 2.24) is 5.32 Å². The zero-order chi connectivity index (χ0) is 10.9. The average molecular weight is 211 g/mol. The van der Waals surface area contributed by atoms with Gasteiger partial charge in [-0.25, -0.2) is 0 Å². The second kappa shape index (κ2) is 4.42. The van der Waals surface area contributed by atoms with Crippen LogP contribution in [0.5, 0.6) is 0 Å². The van der Waals surface area contributed by atoms with Gasteiger partial charge in [-0.2, -0.15) is 0 Å². The average Bonchev–Trinajstić information content (AvgIpc) is 2.64. The van der Waals surface area contributed by atoms with Crippen molar-refractivity contribution in [2.75, 3.05) is 13.2 Å². The molecule has 2 aliphatic rings. The van der Waals surface area contributed by atoms with E-state index in [1.165, 1.54) is 32.2 Å². The third-order valence-corrected chi connectivity index (χ3v) is 4.25. The number of nitrogens with one attached hydrogen (secondary N) is 1. The molecule has 0 aromatic carbocycles. The van der Waals surface area contributed by atoms with Crippen molar-refractivity contribution in [2.24, 2.45) is 11.3 Å². The summed E-state index contributed by atoms with van der Waals surface area (Å²) in [7, 11) is 0. The monoisotopic (exact) mass is 211 g/mol. The Hall–Kier alpha value is -0.0800. The molecule has 2 rings (SSSR count). The minimum atomic E-state index is 0.355. The standard InChI is InChI=1S/C13H25NO/c1-4-5-6-8-14-11-10-7-9-15-12(10)13(11,2)3/h10-12,14H,4-9H2,1-3H3. The molecule has 1 saturated heterocycles. The molecular formula is C13H25NO. The summed E-state index contributed by atoms with van der Waals surface area (Å²) in [5.74, 6) is 0.793. The summed E-state index contributed by atoms with van der Waals surface area (Å²) < 4.78 is 5.78. The van der Waals surface area contributed by atoms with Crippen molar-refractivity contribution >= 4 is 0 Å². The van der Waals surface area contributed by atoms with Gasteiger partial charge in [-0.15, -0.1) is 0 Å². The van der Waals surface area contributed by atoms with E-state index in [9.17, 15) is 0 Å². The molecule has 1 aliphatic carbocycles. The van der Waals surface area contributed by atoms with Crippen LogP contribution in [0, 0.1) is 11.3 Å². The van der Waals surface area contributed by atoms with Gasteiger partial charge in [-0.3, -0.25) is 0 Å². The van der Waals surface area contributed by atoms with Crippen molar-refractivity contribution in [1.29, 1.82) is 0 Å². The molecule has 0 bridgehead atoms. The number of fused-ring (bicyclic) bond motifs is 1. The molecule has 2 nitrogen and oxygen atoms in total. The maximum atomic E-state index is 5.78. The van der Waals surface area contributed by atoms with E-state index in [4.69, 9.17) is 4.74 Å². The van der Waals surface area contributed by atoms with Crippen LogP contribution in [0.4, 0.5) is 0 Å². The van der Waals surface area contributed by atoms with Gasteiger partial charge >= 0.3 is 0 Å². The van der Waals surface area contributed by atoms with Crippen LogP contribution in [0.2, 0.25) is 0 Å². The molecule has 15 heavy (non-hydrogen) atoms. The minimum Gasteiger partial charge on any atom is -0.377 e. The number of ether oxygens (including phenoxy) is 1. The minimum absolute atomic E-state index is 0.355. The quantitative estimate of drug-likeness (QED) is 0.706. The smallest absolute Gasteiger partial charge is 0.0685 e. The SMILES string of the molecule is CCCCCNC1C2CCOC2C1(C)C. The molecule has 0 spiro atoms. The van der Waals surface area contributed by atoms with E-state index >= 15 is 0 Å². The zero-order valence-electron chi connectivity index (χ0n) is 10.4. The number of hydrogen-bond acceptors (Lipinski definition) is 2. The molecule has 1 aliphatic heterocycles. The fourth-order valence-corrected chi connectivity index (χ4v) is 3.37. The highest BCUT2D eigenvalue weighted by Crippen LogP contribution is 2.51. The van der Waals surface area contributed by atoms with Crippen molar-refractivity contribution in [3.63, 3.8) is 0 Å². The van der Waals surface area contributed by atoms with Crippen LogP contribution in [-0.4, -0.2) is 25.3 Å². The summed E-state index contributed by atoms with van der Waals surface area (Å²) in [5.41, 5.74) is 0.355. The second-order valence-electron chi connectivity index (χ2n) is 5.70. The lowest BCUT2D eigenvalue weighted by Gasteiger charge is -2.55. The maximum Gasteiger partial charge on any atom is 0.0685 e. The first kappa shape index (κ1) is 11.4. The molecule has 1 heterocycles. The third kappa shape index (κ3) is 1.94. The normalized spacial score (nSPS) is 37.4. The first-order chi connectivity index (χ1) is 7.18. The topological polar surface area (TPSA) is 21.3 Å². The van der Waals surface area contributed by atoms with Crippen molar-refractivity contribution in [2.45, 2.75) is 58.6 Å². The summed E-state index contributed by atoms with van der Waals surface area (Å²) in [5, 5.41) is 3.74. The van der Waals surface area contributed by atoms with Crippen LogP contribution in [0.3, 0.4) is 0 Å². The molecule has 3 atom stereocenters. The molecule has 0 aromatic rings. The number of rotatable bonds is 5. The summed E-state index contributed by atoms with van der Waals surface area (Å²) in [4.78, 5) is 0. The van der Waals surface area contributed by atoms with Gasteiger partial charge in [0.15, 0.2) is 0 Å². The first-order valence-electron chi connectivity index (χ1n) is 6.53. The Balaban J connectivity index is 1.77. The van der Waals surface area contributed by atoms with Gasteiger partial charge in [0.2, 0.25) is 0 Å². The Kier molecular flexibility index (Phi) is 3.36. The zero-order valence-corrected chi connectivity index (χ0v) is 10.4. The highest BCUT2D eigenvalue weighted by atomic mass is 16.5. The predicted octanol–water partition coefficient (Wildman–Crippen LogP) is 2.58. The molecule has 1 saturated carbocycles. The van der Waals surface area contributed by atoms with E-state index in [1.54, 1.807) is 0 Å². The highest BCUT2D eigenvalue weighted by molar-refractivity contribution is 5.11. The molecule has 3 unspecified atom stereocenters. The summed E-state index contributed by atoms with van der Waals surface area (Å²) in [6.07, 6.45) is 5.78. The Labute approximate surface area is 93.8 Å². The van der Waals surface area contributed by atoms with Crippen LogP contribution in [0.15, 0.2) is 0 Å². The van der Waals surface area contributed by atoms with Gasteiger partial charge in [0.25, 0.3) is 0 Å². The maximum absolute atomic E-state index is 5.78. The van der Waals surface area contributed by atoms with E-state index in [2.05, 4.69) is 26.1 Å². The fraction of sp³-hybridized carbons (Fsp3) is 1.00. The lowest BCUT2D eigenvalue weighted by molar-refractivity contribution is -0.112. The molecule has 88 valence electrons. The van der Waals surface area contributed by atoms with Crippen LogP contribution in [0.1, 0.15) is 46.5 Å². The number of hydrogen-bond donors (Lipinski definition) is 1. The van der Waals surface area contributed by atoms with Crippen LogP contribution in [0.25, 0.3) is 0 Å². The van der Waals surface area contributed by atoms with Crippen LogP contribution < -0.4 is 5.32 Å². The van der Waals surface area contributed by atoms with Gasteiger partial charge < -0.3 is 10.1 Å². The third-order valence-electron chi connectivity index (χ3n) is 4.25. The van der Waals surface area contributed by atoms with Gasteiger partial charge in [0.1, 0.15) is 0 Å². The van der Waals surface area contributed by atoms with Gasteiger partial charge in [0.05, 0.1) is 6.10 Å². The Morgan fingerprint density at radius 1 is 1.33 bits per heavy atom. The molecule has 0 radical (unpaired) electrons. The Bertz CT molecular complexity index is 215. The summed E-state index contributed by atoms with van der Waals surface area (Å²) in [6.45, 7) is 9.11. The van der Waals surface area contributed by atoms with E-state index < -0.39 is 0 Å². The molecule has 0 aromatic heterocycles. The fourth-order valence-electron chi connectivity index (χ4n) is 3.37. The van der Waals surface area contributed by atoms with E-state index in [0.29, 0.717) is 17.6 Å². The van der Waals surface area contributed by atoms with Crippen LogP contribution in [-0.2, 0) is 4.74 Å². The molecule has 0 amide bonds. The van der Waals surface area contributed by atoms with E-state index in [0.717, 1.165) is 12.5 Å². The van der Waals surface area contributed by atoms with Gasteiger partial charge in [-0.05, 0) is 19.4 Å². The Morgan fingerprint density at radius 2 is 2.13 bits per heavy atom. The van der Waals surface area contributed by atoms with E-state index in [1.807, 2.05) is 0 Å². The van der Waals surface area contributed by atoms with Crippen molar-refractivity contribution < 1.29 is 4.74 Å². The molecule has 2 heteroatoms. The summed E-state index contributed by atoms with van der Waals surface area (Å²) in [6, 6.07) is 0.696. The van der Waals surface area contributed by atoms with Gasteiger partial charge in [-0.1, -0.05) is 33.6 Å². The lowest BCUT2D eigenvalue weighted by Crippen LogP contribution is -2.65. The van der Waals surface area contributed by atoms with Crippen molar-refractivity contribution in [3.8, 4) is 0 Å². The Morgan fingerprint density at radius 3 is 2.87 bits per heavy atom. The highest BCUT2D eigenvalue weighted by Gasteiger charge is 2.58. The first-order valence-corrected chi connectivity index (χ1v) is 6.53. The second-order valence-corrected chi connectivity index (χ2v) is 5.70. The lowest BCUT2D eigenvalue weighted by atomic mass is 9.57.